The second-order valence-corrected chi connectivity index (χ2v) is 2.41. The average molecular weight is 252 g/mol. The van der Waals surface area contributed by atoms with Crippen LogP contribution in [-0.2, 0) is 14.2 Å². The van der Waals surface area contributed by atoms with Crippen LogP contribution in [0.25, 0.3) is 0 Å². The second kappa shape index (κ2) is 20.7. The van der Waals surface area contributed by atoms with Crippen molar-refractivity contribution >= 4 is 17.4 Å². The first kappa shape index (κ1) is 25.2. The molecule has 0 aromatic carbocycles. The molecule has 0 fully saturated rings. The zero-order valence-corrected chi connectivity index (χ0v) is 11.9. The quantitative estimate of drug-likeness (QED) is 0.411. The Kier molecular flexibility index (Phi) is 32.6. The van der Waals surface area contributed by atoms with E-state index < -0.39 is 18.9 Å². The Morgan fingerprint density at radius 3 is 0.688 bits per heavy atom. The van der Waals surface area contributed by atoms with Crippen LogP contribution >= 0.6 is 0 Å². The molecule has 7 heteroatoms. The van der Waals surface area contributed by atoms with Crippen molar-refractivity contribution in [2.45, 2.75) is 39.6 Å². The molecule has 3 atom stereocenters. The van der Waals surface area contributed by atoms with Gasteiger partial charge in [-0.2, -0.15) is 0 Å². The smallest absolute Gasteiger partial charge is 0.831 e. The van der Waals surface area contributed by atoms with E-state index in [0.29, 0.717) is 0 Å². The summed E-state index contributed by atoms with van der Waals surface area (Å²) in [4.78, 5) is 0. The topological polar surface area (TPSA) is 96.9 Å². The Hall–Kier alpha value is 0.292. The molecule has 0 bridgehead atoms. The molecule has 0 aliphatic rings. The number of methoxy groups -OCH3 is 3. The maximum Gasteiger partial charge on any atom is 3.00 e. The molecule has 0 spiro atoms. The molecule has 96 valence electrons. The Morgan fingerprint density at radius 1 is 0.625 bits per heavy atom. The van der Waals surface area contributed by atoms with Gasteiger partial charge in [-0.15, -0.1) is 0 Å². The molecule has 6 nitrogen and oxygen atoms in total. The third kappa shape index (κ3) is 63.8. The van der Waals surface area contributed by atoms with Crippen LogP contribution in [0.2, 0.25) is 0 Å². The number of ether oxygens (including phenoxy) is 3. The van der Waals surface area contributed by atoms with Crippen LogP contribution in [-0.4, -0.2) is 57.6 Å². The normalized spacial score (nSPS) is 14.1. The summed E-state index contributed by atoms with van der Waals surface area (Å²) >= 11 is 0. The van der Waals surface area contributed by atoms with Gasteiger partial charge in [-0.1, -0.05) is 20.8 Å². The molecular formula is C9H21AlO6. The minimum Gasteiger partial charge on any atom is -0.831 e. The van der Waals surface area contributed by atoms with Crippen molar-refractivity contribution < 1.29 is 29.5 Å². The fourth-order valence-corrected chi connectivity index (χ4v) is 0. The predicted molar refractivity (Wildman–Crippen MR) is 55.2 cm³/mol. The average Bonchev–Trinajstić information content (AvgIpc) is 2.19. The summed E-state index contributed by atoms with van der Waals surface area (Å²) in [6.07, 6.45) is -2.60. The van der Waals surface area contributed by atoms with Crippen molar-refractivity contribution in [2.24, 2.45) is 0 Å². The van der Waals surface area contributed by atoms with Crippen LogP contribution < -0.4 is 15.3 Å². The number of rotatable bonds is 3. The van der Waals surface area contributed by atoms with Gasteiger partial charge in [0.25, 0.3) is 0 Å². The van der Waals surface area contributed by atoms with Gasteiger partial charge in [0.05, 0.1) is 0 Å². The van der Waals surface area contributed by atoms with E-state index in [9.17, 15) is 15.3 Å². The maximum absolute atomic E-state index is 9.67. The summed E-state index contributed by atoms with van der Waals surface area (Å²) in [5, 5.41) is 29.0. The fraction of sp³-hybridized carbons (Fsp3) is 1.00. The van der Waals surface area contributed by atoms with Crippen molar-refractivity contribution in [1.29, 1.82) is 0 Å². The zero-order chi connectivity index (χ0) is 12.9. The van der Waals surface area contributed by atoms with E-state index in [0.717, 1.165) is 0 Å². The van der Waals surface area contributed by atoms with Crippen LogP contribution in [0, 0.1) is 0 Å². The SMILES string of the molecule is COC(C)[O-].COC(C)[O-].COC(C)[O-].[Al+3]. The van der Waals surface area contributed by atoms with Gasteiger partial charge in [-0.3, -0.25) is 0 Å². The first-order chi connectivity index (χ1) is 6.81. The van der Waals surface area contributed by atoms with E-state index in [1.54, 1.807) is 0 Å². The van der Waals surface area contributed by atoms with E-state index in [2.05, 4.69) is 14.2 Å². The van der Waals surface area contributed by atoms with Crippen LogP contribution in [0.15, 0.2) is 0 Å². The summed E-state index contributed by atoms with van der Waals surface area (Å²) in [6.45, 7) is 4.33. The maximum atomic E-state index is 9.67. The molecule has 0 saturated carbocycles. The van der Waals surface area contributed by atoms with Crippen LogP contribution in [0.5, 0.6) is 0 Å². The van der Waals surface area contributed by atoms with Gasteiger partial charge >= 0.3 is 17.4 Å². The molecule has 0 heterocycles. The van der Waals surface area contributed by atoms with Gasteiger partial charge in [0.1, 0.15) is 0 Å². The van der Waals surface area contributed by atoms with E-state index in [-0.39, 0.29) is 17.4 Å². The molecule has 0 rings (SSSR count). The van der Waals surface area contributed by atoms with Gasteiger partial charge in [0.2, 0.25) is 0 Å². The molecule has 0 saturated heterocycles. The molecule has 0 aromatic rings. The minimum absolute atomic E-state index is 0. The van der Waals surface area contributed by atoms with E-state index in [1.807, 2.05) is 0 Å². The van der Waals surface area contributed by atoms with E-state index in [1.165, 1.54) is 42.1 Å². The van der Waals surface area contributed by atoms with Crippen molar-refractivity contribution in [3.63, 3.8) is 0 Å². The third-order valence-corrected chi connectivity index (χ3v) is 0.996. The van der Waals surface area contributed by atoms with Crippen LogP contribution in [0.4, 0.5) is 0 Å². The first-order valence-electron chi connectivity index (χ1n) is 4.37. The molecule has 0 radical (unpaired) electrons. The molecule has 0 aliphatic heterocycles. The number of hydrogen-bond donors (Lipinski definition) is 0. The Labute approximate surface area is 108 Å². The standard InChI is InChI=1S/3C3H7O2.Al/c3*1-3(4)5-2;/h3*3H,1-2H3;/q3*-1;+3. The van der Waals surface area contributed by atoms with Crippen molar-refractivity contribution in [1.82, 2.24) is 0 Å². The van der Waals surface area contributed by atoms with Crippen LogP contribution in [0.3, 0.4) is 0 Å². The largest absolute Gasteiger partial charge is 3.00 e. The summed E-state index contributed by atoms with van der Waals surface area (Å²) in [6, 6.07) is 0. The Balaban J connectivity index is -0.0000000655. The van der Waals surface area contributed by atoms with Crippen molar-refractivity contribution in [2.75, 3.05) is 21.3 Å². The zero-order valence-electron chi connectivity index (χ0n) is 10.8. The summed E-state index contributed by atoms with van der Waals surface area (Å²) in [5.41, 5.74) is 0. The molecular weight excluding hydrogens is 231 g/mol. The summed E-state index contributed by atoms with van der Waals surface area (Å²) < 4.78 is 12.6. The molecule has 0 aromatic heterocycles. The first-order valence-corrected chi connectivity index (χ1v) is 4.37. The number of hydrogen-bond acceptors (Lipinski definition) is 6. The van der Waals surface area contributed by atoms with Crippen LogP contribution in [0.1, 0.15) is 20.8 Å². The van der Waals surface area contributed by atoms with E-state index in [4.69, 9.17) is 0 Å². The third-order valence-electron chi connectivity index (χ3n) is 0.996. The van der Waals surface area contributed by atoms with Crippen molar-refractivity contribution in [3.8, 4) is 0 Å². The summed E-state index contributed by atoms with van der Waals surface area (Å²) in [7, 11) is 4.16. The van der Waals surface area contributed by atoms with Gasteiger partial charge in [0.15, 0.2) is 0 Å². The monoisotopic (exact) mass is 252 g/mol. The summed E-state index contributed by atoms with van der Waals surface area (Å²) in [5.74, 6) is 0. The second-order valence-electron chi connectivity index (χ2n) is 2.41. The van der Waals surface area contributed by atoms with Crippen molar-refractivity contribution in [3.05, 3.63) is 0 Å². The Morgan fingerprint density at radius 2 is 0.688 bits per heavy atom. The molecule has 3 unspecified atom stereocenters. The molecule has 0 N–H and O–H groups in total. The molecule has 0 amide bonds. The van der Waals surface area contributed by atoms with Gasteiger partial charge in [-0.25, -0.2) is 0 Å². The minimum atomic E-state index is -0.866. The fourth-order valence-electron chi connectivity index (χ4n) is 0. The van der Waals surface area contributed by atoms with Gasteiger partial charge < -0.3 is 29.5 Å². The Bertz CT molecular complexity index is 81.0. The molecule has 0 aliphatic carbocycles. The van der Waals surface area contributed by atoms with Gasteiger partial charge in [-0.05, 0) is 18.9 Å². The van der Waals surface area contributed by atoms with E-state index >= 15 is 0 Å². The van der Waals surface area contributed by atoms with Gasteiger partial charge in [0, 0.05) is 21.3 Å². The molecule has 16 heavy (non-hydrogen) atoms. The predicted octanol–water partition coefficient (Wildman–Crippen LogP) is -2.36.